The van der Waals surface area contributed by atoms with Crippen molar-refractivity contribution in [3.8, 4) is 17.8 Å². The topological polar surface area (TPSA) is 141 Å². The van der Waals surface area contributed by atoms with Gasteiger partial charge in [-0.25, -0.2) is 9.48 Å². The van der Waals surface area contributed by atoms with Gasteiger partial charge < -0.3 is 5.32 Å². The summed E-state index contributed by atoms with van der Waals surface area (Å²) < 4.78 is 1.44. The van der Waals surface area contributed by atoms with Gasteiger partial charge >= 0.3 is 6.03 Å². The highest BCUT2D eigenvalue weighted by atomic mass is 16.2. The van der Waals surface area contributed by atoms with Gasteiger partial charge in [0, 0.05) is 13.0 Å². The number of rotatable bonds is 6. The molecular weight excluding hydrogens is 348 g/mol. The number of hydrogen-bond donors (Lipinski definition) is 1. The van der Waals surface area contributed by atoms with E-state index in [2.05, 4.69) is 20.8 Å². The molecule has 10 nitrogen and oxygen atoms in total. The van der Waals surface area contributed by atoms with Crippen LogP contribution in [-0.2, 0) is 10.3 Å². The summed E-state index contributed by atoms with van der Waals surface area (Å²) in [6, 6.07) is 10.4. The van der Waals surface area contributed by atoms with Gasteiger partial charge in [0.1, 0.15) is 11.9 Å². The number of hydrogen-bond acceptors (Lipinski definition) is 7. The first-order valence-corrected chi connectivity index (χ1v) is 8.24. The SMILES string of the molecule is CC1(c2cccc(-n3cnnn3)c2)NC(=O)N(CC(C#N)CCC#N)C1=O. The average molecular weight is 364 g/mol. The Balaban J connectivity index is 1.86. The van der Waals surface area contributed by atoms with Crippen molar-refractivity contribution < 1.29 is 9.59 Å². The number of tetrazole rings is 1. The first-order chi connectivity index (χ1) is 13.0. The van der Waals surface area contributed by atoms with Gasteiger partial charge in [0.2, 0.25) is 0 Å². The molecule has 0 aliphatic carbocycles. The van der Waals surface area contributed by atoms with E-state index >= 15 is 0 Å². The quantitative estimate of drug-likeness (QED) is 0.750. The van der Waals surface area contributed by atoms with E-state index < -0.39 is 23.4 Å². The fourth-order valence-electron chi connectivity index (χ4n) is 2.95. The number of aromatic nitrogens is 4. The summed E-state index contributed by atoms with van der Waals surface area (Å²) in [6.45, 7) is 1.56. The summed E-state index contributed by atoms with van der Waals surface area (Å²) >= 11 is 0. The molecule has 2 unspecified atom stereocenters. The van der Waals surface area contributed by atoms with Crippen molar-refractivity contribution in [3.63, 3.8) is 0 Å². The first-order valence-electron chi connectivity index (χ1n) is 8.24. The lowest BCUT2D eigenvalue weighted by molar-refractivity contribution is -0.131. The average Bonchev–Trinajstić information content (AvgIpc) is 3.28. The van der Waals surface area contributed by atoms with Crippen molar-refractivity contribution in [2.24, 2.45) is 5.92 Å². The zero-order valence-electron chi connectivity index (χ0n) is 14.5. The minimum absolute atomic E-state index is 0.0505. The molecule has 0 radical (unpaired) electrons. The highest BCUT2D eigenvalue weighted by Gasteiger charge is 2.49. The highest BCUT2D eigenvalue weighted by Crippen LogP contribution is 2.30. The third-order valence-corrected chi connectivity index (χ3v) is 4.50. The van der Waals surface area contributed by atoms with Gasteiger partial charge in [-0.3, -0.25) is 9.69 Å². The van der Waals surface area contributed by atoms with Gasteiger partial charge in [0.15, 0.2) is 0 Å². The minimum Gasteiger partial charge on any atom is -0.319 e. The van der Waals surface area contributed by atoms with Crippen LogP contribution in [0.4, 0.5) is 4.79 Å². The van der Waals surface area contributed by atoms with Crippen LogP contribution in [0, 0.1) is 28.6 Å². The third kappa shape index (κ3) is 3.33. The lowest BCUT2D eigenvalue weighted by Gasteiger charge is -2.23. The minimum atomic E-state index is -1.27. The number of urea groups is 1. The van der Waals surface area contributed by atoms with Crippen LogP contribution in [0.1, 0.15) is 25.3 Å². The van der Waals surface area contributed by atoms with Crippen LogP contribution in [0.3, 0.4) is 0 Å². The molecule has 1 aromatic carbocycles. The molecule has 1 aromatic heterocycles. The predicted octanol–water partition coefficient (Wildman–Crippen LogP) is 0.873. The van der Waals surface area contributed by atoms with Crippen LogP contribution in [0.25, 0.3) is 5.69 Å². The number of carbonyl (C=O) groups excluding carboxylic acids is 2. The molecule has 1 fully saturated rings. The van der Waals surface area contributed by atoms with E-state index in [-0.39, 0.29) is 13.0 Å². The Morgan fingerprint density at radius 3 is 2.81 bits per heavy atom. The van der Waals surface area contributed by atoms with Crippen LogP contribution >= 0.6 is 0 Å². The van der Waals surface area contributed by atoms with Crippen molar-refractivity contribution in [2.75, 3.05) is 6.54 Å². The summed E-state index contributed by atoms with van der Waals surface area (Å²) in [4.78, 5) is 26.4. The molecular formula is C17H16N8O2. The molecule has 0 spiro atoms. The van der Waals surface area contributed by atoms with Gasteiger partial charge in [-0.1, -0.05) is 12.1 Å². The van der Waals surface area contributed by atoms with Crippen molar-refractivity contribution in [1.82, 2.24) is 30.4 Å². The number of carbonyl (C=O) groups is 2. The summed E-state index contributed by atoms with van der Waals surface area (Å²) in [6.07, 6.45) is 1.91. The van der Waals surface area contributed by atoms with Crippen molar-refractivity contribution in [2.45, 2.75) is 25.3 Å². The Labute approximate surface area is 155 Å². The molecule has 1 saturated heterocycles. The number of benzene rings is 1. The van der Waals surface area contributed by atoms with Crippen LogP contribution < -0.4 is 5.32 Å². The van der Waals surface area contributed by atoms with Gasteiger partial charge in [-0.05, 0) is 41.5 Å². The van der Waals surface area contributed by atoms with E-state index in [0.717, 1.165) is 4.90 Å². The van der Waals surface area contributed by atoms with E-state index in [1.807, 2.05) is 12.1 Å². The largest absolute Gasteiger partial charge is 0.325 e. The van der Waals surface area contributed by atoms with Crippen LogP contribution in [0.5, 0.6) is 0 Å². The first kappa shape index (κ1) is 18.0. The number of imide groups is 1. The lowest BCUT2D eigenvalue weighted by atomic mass is 9.91. The molecule has 0 bridgehead atoms. The summed E-state index contributed by atoms with van der Waals surface area (Å²) in [5, 5.41) is 31.6. The zero-order valence-corrected chi connectivity index (χ0v) is 14.5. The Morgan fingerprint density at radius 1 is 1.33 bits per heavy atom. The van der Waals surface area contributed by atoms with Crippen LogP contribution in [0.15, 0.2) is 30.6 Å². The molecule has 2 heterocycles. The number of amides is 3. The van der Waals surface area contributed by atoms with E-state index in [1.165, 1.54) is 11.0 Å². The molecule has 136 valence electrons. The van der Waals surface area contributed by atoms with Gasteiger partial charge in [0.05, 0.1) is 23.7 Å². The molecule has 2 aromatic rings. The van der Waals surface area contributed by atoms with Crippen LogP contribution in [-0.4, -0.2) is 43.6 Å². The highest BCUT2D eigenvalue weighted by molar-refractivity contribution is 6.07. The fraction of sp³-hybridized carbons (Fsp3) is 0.353. The normalized spacial score (nSPS) is 20.0. The summed E-state index contributed by atoms with van der Waals surface area (Å²) in [5.74, 6) is -1.03. The molecule has 2 atom stereocenters. The Bertz CT molecular complexity index is 943. The molecule has 1 aliphatic heterocycles. The van der Waals surface area contributed by atoms with Gasteiger partial charge in [0.25, 0.3) is 5.91 Å². The Morgan fingerprint density at radius 2 is 2.15 bits per heavy atom. The van der Waals surface area contributed by atoms with Crippen molar-refractivity contribution in [1.29, 1.82) is 10.5 Å². The standard InChI is InChI=1S/C17H16N8O2/c1-17(13-5-2-6-14(8-13)25-11-20-22-23-25)15(26)24(16(27)21-17)10-12(9-19)4-3-7-18/h2,5-6,8,11-12H,3-4,10H2,1H3,(H,21,27). The van der Waals surface area contributed by atoms with E-state index in [9.17, 15) is 14.9 Å². The predicted molar refractivity (Wildman–Crippen MR) is 90.7 cm³/mol. The smallest absolute Gasteiger partial charge is 0.319 e. The lowest BCUT2D eigenvalue weighted by Crippen LogP contribution is -2.41. The third-order valence-electron chi connectivity index (χ3n) is 4.50. The van der Waals surface area contributed by atoms with E-state index in [0.29, 0.717) is 17.7 Å². The van der Waals surface area contributed by atoms with Crippen LogP contribution in [0.2, 0.25) is 0 Å². The Hall–Kier alpha value is -3.79. The van der Waals surface area contributed by atoms with E-state index in [4.69, 9.17) is 5.26 Å². The second-order valence-corrected chi connectivity index (χ2v) is 6.30. The fourth-order valence-corrected chi connectivity index (χ4v) is 2.95. The monoisotopic (exact) mass is 364 g/mol. The second kappa shape index (κ2) is 7.22. The maximum atomic E-state index is 13.0. The maximum absolute atomic E-state index is 13.0. The molecule has 27 heavy (non-hydrogen) atoms. The molecule has 0 saturated carbocycles. The molecule has 1 aliphatic rings. The van der Waals surface area contributed by atoms with E-state index in [1.54, 1.807) is 31.2 Å². The summed E-state index contributed by atoms with van der Waals surface area (Å²) in [7, 11) is 0. The number of nitrogens with one attached hydrogen (secondary N) is 1. The Kier molecular flexibility index (Phi) is 4.81. The molecule has 1 N–H and O–H groups in total. The molecule has 3 amide bonds. The van der Waals surface area contributed by atoms with Gasteiger partial charge in [-0.2, -0.15) is 10.5 Å². The second-order valence-electron chi connectivity index (χ2n) is 6.30. The molecule has 10 heteroatoms. The summed E-state index contributed by atoms with van der Waals surface area (Å²) in [5.41, 5.74) is -0.0545. The zero-order chi connectivity index (χ0) is 19.4. The van der Waals surface area contributed by atoms with Gasteiger partial charge in [-0.15, -0.1) is 5.10 Å². The number of nitriles is 2. The van der Waals surface area contributed by atoms with Crippen molar-refractivity contribution in [3.05, 3.63) is 36.2 Å². The van der Waals surface area contributed by atoms with Crippen molar-refractivity contribution >= 4 is 11.9 Å². The number of nitrogens with zero attached hydrogens (tertiary/aromatic N) is 7. The maximum Gasteiger partial charge on any atom is 0.325 e. The molecule has 3 rings (SSSR count).